The summed E-state index contributed by atoms with van der Waals surface area (Å²) in [5, 5.41) is 0. The van der Waals surface area contributed by atoms with E-state index in [0.29, 0.717) is 0 Å². The number of hydrogen-bond donors (Lipinski definition) is 0. The minimum atomic E-state index is 0.190. The van der Waals surface area contributed by atoms with Crippen molar-refractivity contribution in [2.75, 3.05) is 19.7 Å². The number of hydrogen-bond acceptors (Lipinski definition) is 3. The summed E-state index contributed by atoms with van der Waals surface area (Å²) in [6.07, 6.45) is 24.9. The fourth-order valence-corrected chi connectivity index (χ4v) is 5.94. The normalized spacial score (nSPS) is 20.5. The third-order valence-corrected chi connectivity index (χ3v) is 8.00. The van der Waals surface area contributed by atoms with Crippen LogP contribution >= 0.6 is 22.6 Å². The van der Waals surface area contributed by atoms with Crippen LogP contribution in [0.5, 0.6) is 0 Å². The minimum Gasteiger partial charge on any atom is -0.376 e. The first-order valence-electron chi connectivity index (χ1n) is 14.8. The van der Waals surface area contributed by atoms with Crippen LogP contribution in [0.25, 0.3) is 0 Å². The molecule has 0 aromatic heterocycles. The Balaban J connectivity index is 2.48. The van der Waals surface area contributed by atoms with Gasteiger partial charge in [-0.15, -0.1) is 0 Å². The molecule has 0 saturated carbocycles. The van der Waals surface area contributed by atoms with E-state index >= 15 is 0 Å². The lowest BCUT2D eigenvalue weighted by atomic mass is 9.98. The first-order chi connectivity index (χ1) is 16.1. The summed E-state index contributed by atoms with van der Waals surface area (Å²) >= 11 is 2.51. The maximum Gasteiger partial charge on any atom is 0.122 e. The standard InChI is InChI=1S/C29H58INO2/c1-5-8-11-14-17-20-23-32-26(4)28-24-31(25-29(30)33-28)27(21-18-15-12-9-6-2)22-19-16-13-10-7-3/h26-29H,5-25H2,1-4H3/t26-,28?,29+/m0/s1. The van der Waals surface area contributed by atoms with Gasteiger partial charge in [0.1, 0.15) is 4.11 Å². The second-order valence-electron chi connectivity index (χ2n) is 10.4. The van der Waals surface area contributed by atoms with Crippen LogP contribution in [0, 0.1) is 0 Å². The molecule has 1 unspecified atom stereocenters. The van der Waals surface area contributed by atoms with Gasteiger partial charge in [-0.05, 0) is 48.8 Å². The topological polar surface area (TPSA) is 21.7 Å². The monoisotopic (exact) mass is 579 g/mol. The SMILES string of the molecule is CCCCCCCCO[C@@H](C)C1CN(C(CCCCCCC)CCCCCCC)C[C@H](I)O1. The molecule has 0 spiro atoms. The van der Waals surface area contributed by atoms with E-state index in [0.717, 1.165) is 25.7 Å². The third-order valence-electron chi connectivity index (χ3n) is 7.32. The van der Waals surface area contributed by atoms with Crippen molar-refractivity contribution >= 4 is 22.6 Å². The average molecular weight is 580 g/mol. The van der Waals surface area contributed by atoms with E-state index in [1.807, 2.05) is 0 Å². The lowest BCUT2D eigenvalue weighted by molar-refractivity contribution is -0.120. The van der Waals surface area contributed by atoms with Crippen LogP contribution in [0.1, 0.15) is 143 Å². The van der Waals surface area contributed by atoms with Gasteiger partial charge in [0.15, 0.2) is 0 Å². The molecular formula is C29H58INO2. The Morgan fingerprint density at radius 2 is 1.21 bits per heavy atom. The summed E-state index contributed by atoms with van der Waals surface area (Å²) in [6, 6.07) is 0.725. The lowest BCUT2D eigenvalue weighted by Gasteiger charge is -2.42. The van der Waals surface area contributed by atoms with Crippen LogP contribution in [0.2, 0.25) is 0 Å². The van der Waals surface area contributed by atoms with Crippen molar-refractivity contribution in [3.8, 4) is 0 Å². The molecule has 1 fully saturated rings. The highest BCUT2D eigenvalue weighted by molar-refractivity contribution is 14.1. The van der Waals surface area contributed by atoms with Crippen molar-refractivity contribution in [1.29, 1.82) is 0 Å². The highest BCUT2D eigenvalue weighted by Crippen LogP contribution is 2.26. The summed E-state index contributed by atoms with van der Waals surface area (Å²) in [4.78, 5) is 2.77. The van der Waals surface area contributed by atoms with Gasteiger partial charge in [-0.1, -0.05) is 117 Å². The number of halogens is 1. The van der Waals surface area contributed by atoms with E-state index in [9.17, 15) is 0 Å². The first-order valence-corrected chi connectivity index (χ1v) is 16.0. The molecule has 4 heteroatoms. The van der Waals surface area contributed by atoms with Crippen molar-refractivity contribution in [2.24, 2.45) is 0 Å². The van der Waals surface area contributed by atoms with Gasteiger partial charge >= 0.3 is 0 Å². The zero-order chi connectivity index (χ0) is 24.2. The van der Waals surface area contributed by atoms with Crippen LogP contribution < -0.4 is 0 Å². The molecular weight excluding hydrogens is 521 g/mol. The predicted octanol–water partition coefficient (Wildman–Crippen LogP) is 9.30. The first kappa shape index (κ1) is 31.6. The van der Waals surface area contributed by atoms with E-state index in [2.05, 4.69) is 55.2 Å². The summed E-state index contributed by atoms with van der Waals surface area (Å²) in [7, 11) is 0. The molecule has 1 aliphatic rings. The van der Waals surface area contributed by atoms with E-state index in [-0.39, 0.29) is 16.3 Å². The third kappa shape index (κ3) is 16.1. The van der Waals surface area contributed by atoms with Gasteiger partial charge in [0.25, 0.3) is 0 Å². The van der Waals surface area contributed by atoms with Gasteiger partial charge in [0.05, 0.1) is 12.2 Å². The Hall–Kier alpha value is 0.610. The number of ether oxygens (including phenoxy) is 2. The second kappa shape index (κ2) is 21.9. The minimum absolute atomic E-state index is 0.190. The summed E-state index contributed by atoms with van der Waals surface area (Å²) in [5.74, 6) is 0. The molecule has 0 bridgehead atoms. The van der Waals surface area contributed by atoms with Gasteiger partial charge in [0.2, 0.25) is 0 Å². The number of morpholine rings is 1. The molecule has 1 rings (SSSR count). The quantitative estimate of drug-likeness (QED) is 0.0725. The lowest BCUT2D eigenvalue weighted by Crippen LogP contribution is -2.53. The predicted molar refractivity (Wildman–Crippen MR) is 154 cm³/mol. The maximum absolute atomic E-state index is 6.37. The summed E-state index contributed by atoms with van der Waals surface area (Å²) < 4.78 is 12.9. The van der Waals surface area contributed by atoms with E-state index in [4.69, 9.17) is 9.47 Å². The van der Waals surface area contributed by atoms with Gasteiger partial charge in [-0.25, -0.2) is 0 Å². The largest absolute Gasteiger partial charge is 0.376 e. The molecule has 1 saturated heterocycles. The molecule has 3 nitrogen and oxygen atoms in total. The summed E-state index contributed by atoms with van der Waals surface area (Å²) in [6.45, 7) is 12.1. The Morgan fingerprint density at radius 1 is 0.727 bits per heavy atom. The van der Waals surface area contributed by atoms with Crippen LogP contribution in [-0.2, 0) is 9.47 Å². The number of unbranched alkanes of at least 4 members (excludes halogenated alkanes) is 13. The Kier molecular flexibility index (Phi) is 21.0. The number of alkyl halides is 1. The van der Waals surface area contributed by atoms with Crippen LogP contribution in [0.15, 0.2) is 0 Å². The van der Waals surface area contributed by atoms with Crippen LogP contribution in [0.3, 0.4) is 0 Å². The molecule has 1 heterocycles. The highest BCUT2D eigenvalue weighted by Gasteiger charge is 2.33. The zero-order valence-electron chi connectivity index (χ0n) is 22.8. The molecule has 0 N–H and O–H groups in total. The van der Waals surface area contributed by atoms with Crippen molar-refractivity contribution in [1.82, 2.24) is 4.90 Å². The molecule has 3 atom stereocenters. The highest BCUT2D eigenvalue weighted by atomic mass is 127. The molecule has 1 aliphatic heterocycles. The van der Waals surface area contributed by atoms with Crippen molar-refractivity contribution in [3.63, 3.8) is 0 Å². The fourth-order valence-electron chi connectivity index (χ4n) is 5.06. The van der Waals surface area contributed by atoms with E-state index in [1.54, 1.807) is 0 Å². The zero-order valence-corrected chi connectivity index (χ0v) is 25.0. The van der Waals surface area contributed by atoms with Crippen molar-refractivity contribution in [2.45, 2.75) is 166 Å². The molecule has 33 heavy (non-hydrogen) atoms. The van der Waals surface area contributed by atoms with Gasteiger partial charge in [-0.3, -0.25) is 4.90 Å². The van der Waals surface area contributed by atoms with E-state index in [1.165, 1.54) is 116 Å². The maximum atomic E-state index is 6.37. The summed E-state index contributed by atoms with van der Waals surface area (Å²) in [5.41, 5.74) is 0. The second-order valence-corrected chi connectivity index (χ2v) is 11.8. The molecule has 0 radical (unpaired) electrons. The van der Waals surface area contributed by atoms with Gasteiger partial charge in [0, 0.05) is 25.7 Å². The smallest absolute Gasteiger partial charge is 0.122 e. The average Bonchev–Trinajstić information content (AvgIpc) is 2.81. The number of nitrogens with zero attached hydrogens (tertiary/aromatic N) is 1. The van der Waals surface area contributed by atoms with E-state index < -0.39 is 0 Å². The molecule has 0 aromatic rings. The molecule has 0 aliphatic carbocycles. The Labute approximate surface area is 221 Å². The van der Waals surface area contributed by atoms with Crippen molar-refractivity contribution in [3.05, 3.63) is 0 Å². The molecule has 0 amide bonds. The molecule has 198 valence electrons. The fraction of sp³-hybridized carbons (Fsp3) is 1.00. The van der Waals surface area contributed by atoms with Gasteiger partial charge < -0.3 is 9.47 Å². The Bertz CT molecular complexity index is 408. The van der Waals surface area contributed by atoms with Crippen LogP contribution in [0.4, 0.5) is 0 Å². The Morgan fingerprint density at radius 3 is 1.76 bits per heavy atom. The molecule has 0 aromatic carbocycles. The van der Waals surface area contributed by atoms with Gasteiger partial charge in [-0.2, -0.15) is 0 Å². The van der Waals surface area contributed by atoms with Crippen molar-refractivity contribution < 1.29 is 9.47 Å². The number of rotatable bonds is 22. The van der Waals surface area contributed by atoms with Crippen LogP contribution in [-0.4, -0.2) is 47.0 Å².